The lowest BCUT2D eigenvalue weighted by molar-refractivity contribution is -0.123. The molecular weight excluding hydrogens is 688 g/mol. The third-order valence-corrected chi connectivity index (χ3v) is 12.8. The molecular formula is C34H61N3O9P2S. The van der Waals surface area contributed by atoms with Crippen LogP contribution < -0.4 is 25.9 Å². The Labute approximate surface area is 296 Å². The van der Waals surface area contributed by atoms with Crippen molar-refractivity contribution in [3.63, 3.8) is 0 Å². The highest BCUT2D eigenvalue weighted by molar-refractivity contribution is 7.68. The molecule has 2 unspecified atom stereocenters. The van der Waals surface area contributed by atoms with Crippen molar-refractivity contribution in [1.29, 1.82) is 0 Å². The maximum absolute atomic E-state index is 12.8. The molecule has 282 valence electrons. The molecule has 0 spiro atoms. The second kappa shape index (κ2) is 22.5. The Hall–Kier alpha value is -1.40. The highest BCUT2D eigenvalue weighted by Gasteiger charge is 2.31. The monoisotopic (exact) mass is 749 g/mol. The Morgan fingerprint density at radius 2 is 1.53 bits per heavy atom. The van der Waals surface area contributed by atoms with E-state index in [-0.39, 0.29) is 23.2 Å². The fraction of sp³-hybridized carbons (Fsp3) is 0.765. The van der Waals surface area contributed by atoms with Crippen LogP contribution in [0.15, 0.2) is 17.7 Å². The van der Waals surface area contributed by atoms with E-state index in [0.717, 1.165) is 56.9 Å². The summed E-state index contributed by atoms with van der Waals surface area (Å²) >= 11 is 0.561. The van der Waals surface area contributed by atoms with Gasteiger partial charge < -0.3 is 35.3 Å². The van der Waals surface area contributed by atoms with Crippen LogP contribution in [0.25, 0.3) is 0 Å². The Balaban J connectivity index is 1.82. The summed E-state index contributed by atoms with van der Waals surface area (Å²) in [5.74, 6) is 1.27. The average molecular weight is 750 g/mol. The lowest BCUT2D eigenvalue weighted by Gasteiger charge is -2.25. The summed E-state index contributed by atoms with van der Waals surface area (Å²) in [5.41, 5.74) is 1.44. The highest BCUT2D eigenvalue weighted by atomic mass is 32.1. The van der Waals surface area contributed by atoms with E-state index in [9.17, 15) is 43.4 Å². The number of amides is 2. The molecule has 2 atom stereocenters. The smallest absolute Gasteiger partial charge is 0.366 e. The molecule has 2 amide bonds. The van der Waals surface area contributed by atoms with Crippen LogP contribution in [-0.4, -0.2) is 55.3 Å². The summed E-state index contributed by atoms with van der Waals surface area (Å²) < 4.78 is 23.2. The first kappa shape index (κ1) is 43.8. The zero-order valence-electron chi connectivity index (χ0n) is 29.6. The van der Waals surface area contributed by atoms with Gasteiger partial charge in [0.2, 0.25) is 11.8 Å². The minimum atomic E-state index is -4.85. The Morgan fingerprint density at radius 3 is 2.14 bits per heavy atom. The number of hydrogen-bond acceptors (Lipinski definition) is 7. The molecule has 0 radical (unpaired) electrons. The van der Waals surface area contributed by atoms with Crippen LogP contribution >= 0.6 is 26.5 Å². The van der Waals surface area contributed by atoms with Crippen LogP contribution in [-0.2, 0) is 25.3 Å². The maximum atomic E-state index is 12.8. The summed E-state index contributed by atoms with van der Waals surface area (Å²) in [6.07, 6.45) is 16.5. The zero-order valence-corrected chi connectivity index (χ0v) is 32.2. The van der Waals surface area contributed by atoms with E-state index in [1.165, 1.54) is 31.3 Å². The lowest BCUT2D eigenvalue weighted by Crippen LogP contribution is -2.50. The van der Waals surface area contributed by atoms with Crippen molar-refractivity contribution in [2.24, 2.45) is 11.8 Å². The van der Waals surface area contributed by atoms with Crippen LogP contribution in [0.4, 0.5) is 0 Å². The van der Waals surface area contributed by atoms with Crippen LogP contribution in [0.5, 0.6) is 0 Å². The van der Waals surface area contributed by atoms with Gasteiger partial charge in [0.05, 0.1) is 11.3 Å². The van der Waals surface area contributed by atoms with Crippen molar-refractivity contribution in [1.82, 2.24) is 16.0 Å². The van der Waals surface area contributed by atoms with E-state index in [1.54, 1.807) is 0 Å². The van der Waals surface area contributed by atoms with E-state index in [2.05, 4.69) is 42.8 Å². The van der Waals surface area contributed by atoms with Crippen LogP contribution in [0.1, 0.15) is 135 Å². The Bertz CT molecular complexity index is 1270. The fourth-order valence-electron chi connectivity index (χ4n) is 5.73. The number of unbranched alkanes of at least 4 members (excludes halogenated alkanes) is 5. The first-order valence-electron chi connectivity index (χ1n) is 17.9. The number of rotatable bonds is 26. The normalized spacial score (nSPS) is 15.7. The van der Waals surface area contributed by atoms with Gasteiger partial charge in [0, 0.05) is 30.8 Å². The predicted molar refractivity (Wildman–Crippen MR) is 196 cm³/mol. The van der Waals surface area contributed by atoms with E-state index >= 15 is 0 Å². The number of nitrogens with one attached hydrogen (secondary N) is 3. The molecule has 1 aromatic heterocycles. The third-order valence-electron chi connectivity index (χ3n) is 9.02. The van der Waals surface area contributed by atoms with Crippen LogP contribution in [0.2, 0.25) is 0 Å². The van der Waals surface area contributed by atoms with Gasteiger partial charge in [0.15, 0.2) is 0 Å². The number of thiophene rings is 1. The molecule has 1 fully saturated rings. The van der Waals surface area contributed by atoms with E-state index < -0.39 is 37.4 Å². The molecule has 12 nitrogen and oxygen atoms in total. The Kier molecular flexibility index (Phi) is 20.1. The summed E-state index contributed by atoms with van der Waals surface area (Å²) in [6.45, 7) is 6.69. The molecule has 0 aliphatic heterocycles. The quantitative estimate of drug-likeness (QED) is 0.0268. The largest absolute Gasteiger partial charge is 0.376 e. The highest BCUT2D eigenvalue weighted by Crippen LogP contribution is 2.41. The minimum Gasteiger partial charge on any atom is -0.376 e. The second-order valence-electron chi connectivity index (χ2n) is 14.0. The Morgan fingerprint density at radius 1 is 0.898 bits per heavy atom. The predicted octanol–water partition coefficient (Wildman–Crippen LogP) is 5.23. The molecule has 1 aliphatic carbocycles. The number of aliphatic hydroxyl groups is 1. The van der Waals surface area contributed by atoms with Gasteiger partial charge in [-0.2, -0.15) is 0 Å². The molecule has 49 heavy (non-hydrogen) atoms. The molecule has 1 heterocycles. The van der Waals surface area contributed by atoms with Crippen LogP contribution in [0.3, 0.4) is 0 Å². The maximum Gasteiger partial charge on any atom is 0.366 e. The van der Waals surface area contributed by atoms with Crippen molar-refractivity contribution in [3.8, 4) is 0 Å². The summed E-state index contributed by atoms with van der Waals surface area (Å²) in [4.78, 5) is 63.5. The van der Waals surface area contributed by atoms with Crippen molar-refractivity contribution < 1.29 is 43.4 Å². The molecule has 1 saturated carbocycles. The summed E-state index contributed by atoms with van der Waals surface area (Å²) in [5, 5.41) is 19.1. The molecule has 0 bridgehead atoms. The number of allylic oxidation sites excluding steroid dienone is 2. The van der Waals surface area contributed by atoms with Crippen molar-refractivity contribution in [2.75, 3.05) is 6.54 Å². The van der Waals surface area contributed by atoms with Gasteiger partial charge in [-0.1, -0.05) is 70.4 Å². The number of aliphatic hydroxyl groups excluding tert-OH is 1. The topological polar surface area (TPSA) is 206 Å². The number of hydrogen-bond donors (Lipinski definition) is 8. The van der Waals surface area contributed by atoms with E-state index in [4.69, 9.17) is 0 Å². The van der Waals surface area contributed by atoms with Gasteiger partial charge >= 0.3 is 15.2 Å². The first-order valence-corrected chi connectivity index (χ1v) is 22.0. The van der Waals surface area contributed by atoms with Crippen molar-refractivity contribution >= 4 is 48.3 Å². The van der Waals surface area contributed by atoms with Gasteiger partial charge in [-0.3, -0.25) is 24.0 Å². The lowest BCUT2D eigenvalue weighted by atomic mass is 9.82. The van der Waals surface area contributed by atoms with E-state index in [1.807, 2.05) is 0 Å². The standard InChI is InChI=1S/C34H61N3O9P2S/c1-25(2)13-6-4-9-19-32(39)37-28(34(40)36-24-30-29(47(41,42)43)23-33(49-30)48(44,45)46)17-10-11-22-35-31(38)18-8-5-7-14-26(3)20-21-27-15-12-16-27/h20,23,25,27-28,34,36,40H,4-19,21-22,24H2,1-3H3,(H,35,38)(H,37,39)(H2,41,42,43)(H2,44,45,46). The number of carbonyl (C=O) groups is 2. The molecule has 0 aromatic carbocycles. The molecule has 2 rings (SSSR count). The summed E-state index contributed by atoms with van der Waals surface area (Å²) in [7, 11) is -9.60. The number of carbonyl (C=O) groups excluding carboxylic acids is 2. The first-order chi connectivity index (χ1) is 23.1. The van der Waals surface area contributed by atoms with Gasteiger partial charge in [-0.25, -0.2) is 0 Å². The van der Waals surface area contributed by atoms with Gasteiger partial charge in [-0.05, 0) is 76.2 Å². The molecule has 1 aliphatic rings. The van der Waals surface area contributed by atoms with E-state index in [0.29, 0.717) is 62.3 Å². The minimum absolute atomic E-state index is 0.00718. The van der Waals surface area contributed by atoms with Gasteiger partial charge in [0.25, 0.3) is 0 Å². The molecule has 8 N–H and O–H groups in total. The van der Waals surface area contributed by atoms with Crippen molar-refractivity contribution in [3.05, 3.63) is 22.6 Å². The average Bonchev–Trinajstić information content (AvgIpc) is 3.44. The molecule has 0 saturated heterocycles. The SMILES string of the molecule is CC(=CCC1CCC1)CCCCCC(=O)NCCCCC(NC(=O)CCCCCC(C)C)C(O)NCc1sc(P(=O)(O)O)cc1P(=O)(O)O. The third kappa shape index (κ3) is 18.6. The summed E-state index contributed by atoms with van der Waals surface area (Å²) in [6, 6.07) is 0.0724. The van der Waals surface area contributed by atoms with Crippen LogP contribution in [0, 0.1) is 11.8 Å². The zero-order chi connectivity index (χ0) is 36.5. The van der Waals surface area contributed by atoms with Gasteiger partial charge in [0.1, 0.15) is 10.8 Å². The molecule has 15 heteroatoms. The fourth-order valence-corrected chi connectivity index (χ4v) is 8.97. The second-order valence-corrected chi connectivity index (χ2v) is 18.5. The van der Waals surface area contributed by atoms with Gasteiger partial charge in [-0.15, -0.1) is 11.3 Å². The molecule has 1 aromatic rings. The van der Waals surface area contributed by atoms with Crippen molar-refractivity contribution in [2.45, 2.75) is 149 Å².